The maximum Gasteiger partial charge on any atom is 0.0639 e. The molecule has 0 atom stereocenters. The molecular weight excluding hydrogens is 289 g/mol. The molecular formula is C12H17BrClNO. The fraction of sp³-hybridized carbons (Fsp3) is 0.500. The van der Waals surface area contributed by atoms with Crippen molar-refractivity contribution in [3.8, 4) is 0 Å². The van der Waals surface area contributed by atoms with Crippen LogP contribution >= 0.6 is 27.5 Å². The SMILES string of the molecule is COC(C)(C)CCNc1cc(Cl)ccc1Br. The van der Waals surface area contributed by atoms with E-state index in [0.29, 0.717) is 0 Å². The first-order valence-electron chi connectivity index (χ1n) is 5.19. The smallest absolute Gasteiger partial charge is 0.0639 e. The van der Waals surface area contributed by atoms with Gasteiger partial charge < -0.3 is 10.1 Å². The molecule has 90 valence electrons. The molecule has 0 bridgehead atoms. The monoisotopic (exact) mass is 305 g/mol. The summed E-state index contributed by atoms with van der Waals surface area (Å²) >= 11 is 9.40. The minimum absolute atomic E-state index is 0.0992. The molecule has 1 N–H and O–H groups in total. The molecule has 0 amide bonds. The van der Waals surface area contributed by atoms with E-state index >= 15 is 0 Å². The van der Waals surface area contributed by atoms with Crippen molar-refractivity contribution in [3.63, 3.8) is 0 Å². The predicted octanol–water partition coefficient (Wildman–Crippen LogP) is 4.33. The quantitative estimate of drug-likeness (QED) is 0.874. The molecule has 4 heteroatoms. The maximum absolute atomic E-state index is 5.93. The Hall–Kier alpha value is -0.250. The molecule has 0 aliphatic heterocycles. The number of halogens is 2. The topological polar surface area (TPSA) is 21.3 Å². The summed E-state index contributed by atoms with van der Waals surface area (Å²) in [7, 11) is 1.73. The number of hydrogen-bond donors (Lipinski definition) is 1. The van der Waals surface area contributed by atoms with Crippen molar-refractivity contribution in [1.82, 2.24) is 0 Å². The van der Waals surface area contributed by atoms with Crippen LogP contribution in [-0.2, 0) is 4.74 Å². The van der Waals surface area contributed by atoms with Crippen LogP contribution in [0.5, 0.6) is 0 Å². The van der Waals surface area contributed by atoms with Crippen LogP contribution in [0.25, 0.3) is 0 Å². The van der Waals surface area contributed by atoms with E-state index in [1.165, 1.54) is 0 Å². The highest BCUT2D eigenvalue weighted by Crippen LogP contribution is 2.26. The number of nitrogens with one attached hydrogen (secondary N) is 1. The molecule has 0 saturated heterocycles. The predicted molar refractivity (Wildman–Crippen MR) is 73.3 cm³/mol. The van der Waals surface area contributed by atoms with Crippen molar-refractivity contribution in [2.75, 3.05) is 19.0 Å². The van der Waals surface area contributed by atoms with Crippen LogP contribution in [0.15, 0.2) is 22.7 Å². The highest BCUT2D eigenvalue weighted by molar-refractivity contribution is 9.10. The lowest BCUT2D eigenvalue weighted by Gasteiger charge is -2.23. The highest BCUT2D eigenvalue weighted by Gasteiger charge is 2.15. The zero-order valence-electron chi connectivity index (χ0n) is 9.81. The second kappa shape index (κ2) is 5.89. The zero-order chi connectivity index (χ0) is 12.2. The largest absolute Gasteiger partial charge is 0.384 e. The lowest BCUT2D eigenvalue weighted by molar-refractivity contribution is 0.0185. The Morgan fingerprint density at radius 2 is 2.12 bits per heavy atom. The van der Waals surface area contributed by atoms with Gasteiger partial charge in [0.25, 0.3) is 0 Å². The number of methoxy groups -OCH3 is 1. The summed E-state index contributed by atoms with van der Waals surface area (Å²) in [5.41, 5.74) is 0.914. The fourth-order valence-electron chi connectivity index (χ4n) is 1.23. The van der Waals surface area contributed by atoms with Crippen LogP contribution in [0.3, 0.4) is 0 Å². The van der Waals surface area contributed by atoms with Gasteiger partial charge in [0.2, 0.25) is 0 Å². The number of rotatable bonds is 5. The summed E-state index contributed by atoms with van der Waals surface area (Å²) in [4.78, 5) is 0. The molecule has 0 heterocycles. The molecule has 0 saturated carbocycles. The Labute approximate surface area is 110 Å². The van der Waals surface area contributed by atoms with E-state index in [-0.39, 0.29) is 5.60 Å². The van der Waals surface area contributed by atoms with Crippen LogP contribution in [0.1, 0.15) is 20.3 Å². The van der Waals surface area contributed by atoms with Crippen molar-refractivity contribution in [2.45, 2.75) is 25.9 Å². The Morgan fingerprint density at radius 3 is 2.75 bits per heavy atom. The van der Waals surface area contributed by atoms with E-state index < -0.39 is 0 Å². The first kappa shape index (κ1) is 13.8. The third-order valence-corrected chi connectivity index (χ3v) is 3.45. The van der Waals surface area contributed by atoms with Crippen LogP contribution in [0.4, 0.5) is 5.69 Å². The Morgan fingerprint density at radius 1 is 1.44 bits per heavy atom. The highest BCUT2D eigenvalue weighted by atomic mass is 79.9. The summed E-state index contributed by atoms with van der Waals surface area (Å²) in [6.45, 7) is 4.99. The molecule has 0 spiro atoms. The first-order valence-corrected chi connectivity index (χ1v) is 6.36. The van der Waals surface area contributed by atoms with Crippen molar-refractivity contribution in [1.29, 1.82) is 0 Å². The molecule has 16 heavy (non-hydrogen) atoms. The van der Waals surface area contributed by atoms with E-state index in [1.807, 2.05) is 18.2 Å². The van der Waals surface area contributed by atoms with Gasteiger partial charge in [-0.1, -0.05) is 11.6 Å². The van der Waals surface area contributed by atoms with Crippen molar-refractivity contribution >= 4 is 33.2 Å². The number of ether oxygens (including phenoxy) is 1. The van der Waals surface area contributed by atoms with E-state index in [9.17, 15) is 0 Å². The lowest BCUT2D eigenvalue weighted by atomic mass is 10.1. The van der Waals surface area contributed by atoms with E-state index in [1.54, 1.807) is 7.11 Å². The molecule has 0 fully saturated rings. The number of anilines is 1. The van der Waals surface area contributed by atoms with Gasteiger partial charge in [0.05, 0.1) is 5.60 Å². The standard InChI is InChI=1S/C12H17BrClNO/c1-12(2,16-3)6-7-15-11-8-9(14)4-5-10(11)13/h4-5,8,15H,6-7H2,1-3H3. The van der Waals surface area contributed by atoms with E-state index in [4.69, 9.17) is 16.3 Å². The Kier molecular flexibility index (Phi) is 5.09. The van der Waals surface area contributed by atoms with E-state index in [2.05, 4.69) is 35.1 Å². The molecule has 0 aliphatic carbocycles. The molecule has 0 aromatic heterocycles. The minimum Gasteiger partial charge on any atom is -0.384 e. The second-order valence-electron chi connectivity index (χ2n) is 4.26. The van der Waals surface area contributed by atoms with Gasteiger partial charge in [-0.2, -0.15) is 0 Å². The second-order valence-corrected chi connectivity index (χ2v) is 5.56. The lowest BCUT2D eigenvalue weighted by Crippen LogP contribution is -2.25. The average molecular weight is 307 g/mol. The van der Waals surface area contributed by atoms with E-state index in [0.717, 1.165) is 28.1 Å². The summed E-state index contributed by atoms with van der Waals surface area (Å²) in [5, 5.41) is 4.07. The summed E-state index contributed by atoms with van der Waals surface area (Å²) in [6.07, 6.45) is 0.933. The number of hydrogen-bond acceptors (Lipinski definition) is 2. The van der Waals surface area contributed by atoms with Crippen LogP contribution in [-0.4, -0.2) is 19.3 Å². The normalized spacial score (nSPS) is 11.6. The van der Waals surface area contributed by atoms with Crippen molar-refractivity contribution < 1.29 is 4.74 Å². The minimum atomic E-state index is -0.0992. The third-order valence-electron chi connectivity index (χ3n) is 2.52. The summed E-state index contributed by atoms with van der Waals surface area (Å²) in [5.74, 6) is 0. The van der Waals surface area contributed by atoms with Crippen LogP contribution < -0.4 is 5.32 Å². The Bertz CT molecular complexity index is 355. The van der Waals surface area contributed by atoms with Crippen LogP contribution in [0, 0.1) is 0 Å². The third kappa shape index (κ3) is 4.32. The molecule has 0 aliphatic rings. The fourth-order valence-corrected chi connectivity index (χ4v) is 1.79. The van der Waals surface area contributed by atoms with Gasteiger partial charge in [0, 0.05) is 28.8 Å². The Balaban J connectivity index is 2.52. The van der Waals surface area contributed by atoms with Crippen molar-refractivity contribution in [3.05, 3.63) is 27.7 Å². The van der Waals surface area contributed by atoms with Gasteiger partial charge in [0.15, 0.2) is 0 Å². The maximum atomic E-state index is 5.93. The van der Waals surface area contributed by atoms with Gasteiger partial charge in [-0.05, 0) is 54.4 Å². The van der Waals surface area contributed by atoms with Gasteiger partial charge in [-0.25, -0.2) is 0 Å². The molecule has 1 rings (SSSR count). The molecule has 0 radical (unpaired) electrons. The summed E-state index contributed by atoms with van der Waals surface area (Å²) in [6, 6.07) is 5.70. The van der Waals surface area contributed by atoms with Gasteiger partial charge in [0.1, 0.15) is 0 Å². The molecule has 0 unspecified atom stereocenters. The molecule has 1 aromatic rings. The summed E-state index contributed by atoms with van der Waals surface area (Å²) < 4.78 is 6.37. The van der Waals surface area contributed by atoms with Gasteiger partial charge >= 0.3 is 0 Å². The van der Waals surface area contributed by atoms with Gasteiger partial charge in [-0.3, -0.25) is 0 Å². The van der Waals surface area contributed by atoms with Gasteiger partial charge in [-0.15, -0.1) is 0 Å². The molecule has 2 nitrogen and oxygen atoms in total. The average Bonchev–Trinajstić information content (AvgIpc) is 2.23. The van der Waals surface area contributed by atoms with Crippen LogP contribution in [0.2, 0.25) is 5.02 Å². The first-order chi connectivity index (χ1) is 7.44. The number of benzene rings is 1. The zero-order valence-corrected chi connectivity index (χ0v) is 12.2. The molecule has 1 aromatic carbocycles. The van der Waals surface area contributed by atoms with Crippen molar-refractivity contribution in [2.24, 2.45) is 0 Å².